The van der Waals surface area contributed by atoms with Gasteiger partial charge in [0.2, 0.25) is 5.91 Å². The summed E-state index contributed by atoms with van der Waals surface area (Å²) in [7, 11) is 0. The molecule has 0 aromatic rings. The molecule has 0 aliphatic carbocycles. The summed E-state index contributed by atoms with van der Waals surface area (Å²) in [5.74, 6) is 0.327. The Kier molecular flexibility index (Phi) is 5.01. The van der Waals surface area contributed by atoms with Crippen molar-refractivity contribution in [1.29, 1.82) is 0 Å². The maximum absolute atomic E-state index is 12.2. The summed E-state index contributed by atoms with van der Waals surface area (Å²) in [5.41, 5.74) is 0. The third-order valence-corrected chi connectivity index (χ3v) is 4.22. The Morgan fingerprint density at radius 1 is 1.33 bits per heavy atom. The van der Waals surface area contributed by atoms with Crippen LogP contribution in [-0.4, -0.2) is 60.5 Å². The Morgan fingerprint density at radius 3 is 2.94 bits per heavy atom. The van der Waals surface area contributed by atoms with Crippen LogP contribution in [0, 0.1) is 0 Å². The van der Waals surface area contributed by atoms with Gasteiger partial charge in [-0.15, -0.1) is 0 Å². The van der Waals surface area contributed by atoms with Crippen LogP contribution in [0.25, 0.3) is 0 Å². The van der Waals surface area contributed by atoms with E-state index in [1.165, 1.54) is 25.8 Å². The van der Waals surface area contributed by atoms with Crippen LogP contribution in [0.15, 0.2) is 0 Å². The van der Waals surface area contributed by atoms with Crippen molar-refractivity contribution in [3.05, 3.63) is 0 Å². The molecule has 1 amide bonds. The number of fused-ring (bicyclic) bond motifs is 1. The molecule has 0 spiro atoms. The van der Waals surface area contributed by atoms with Crippen molar-refractivity contribution < 1.29 is 4.79 Å². The van der Waals surface area contributed by atoms with Gasteiger partial charge >= 0.3 is 0 Å². The maximum Gasteiger partial charge on any atom is 0.224 e. The SMILES string of the molecule is CCNC(C)CC(=O)N1CCN2CCCCC2C1. The molecule has 2 saturated heterocycles. The van der Waals surface area contributed by atoms with Crippen molar-refractivity contribution in [2.45, 2.75) is 51.6 Å². The van der Waals surface area contributed by atoms with Crippen molar-refractivity contribution in [1.82, 2.24) is 15.1 Å². The molecule has 2 aliphatic heterocycles. The molecule has 0 bridgehead atoms. The number of amides is 1. The van der Waals surface area contributed by atoms with E-state index >= 15 is 0 Å². The fourth-order valence-corrected chi connectivity index (χ4v) is 3.19. The van der Waals surface area contributed by atoms with Crippen molar-refractivity contribution in [2.75, 3.05) is 32.7 Å². The summed E-state index contributed by atoms with van der Waals surface area (Å²) in [6.07, 6.45) is 4.58. The number of rotatable bonds is 4. The van der Waals surface area contributed by atoms with Crippen LogP contribution in [0.1, 0.15) is 39.5 Å². The van der Waals surface area contributed by atoms with Gasteiger partial charge in [-0.1, -0.05) is 13.3 Å². The number of piperazine rings is 1. The third kappa shape index (κ3) is 3.45. The first-order chi connectivity index (χ1) is 8.70. The lowest BCUT2D eigenvalue weighted by Crippen LogP contribution is -2.56. The molecule has 0 saturated carbocycles. The molecule has 4 nitrogen and oxygen atoms in total. The molecule has 2 atom stereocenters. The van der Waals surface area contributed by atoms with Crippen molar-refractivity contribution in [3.63, 3.8) is 0 Å². The lowest BCUT2D eigenvalue weighted by molar-refractivity contribution is -0.135. The Bertz CT molecular complexity index is 282. The Morgan fingerprint density at radius 2 is 2.17 bits per heavy atom. The van der Waals surface area contributed by atoms with Gasteiger partial charge in [-0.05, 0) is 32.9 Å². The molecule has 2 heterocycles. The summed E-state index contributed by atoms with van der Waals surface area (Å²) >= 11 is 0. The second-order valence-corrected chi connectivity index (χ2v) is 5.69. The molecule has 1 N–H and O–H groups in total. The second kappa shape index (κ2) is 6.53. The fourth-order valence-electron chi connectivity index (χ4n) is 3.19. The van der Waals surface area contributed by atoms with Gasteiger partial charge in [-0.3, -0.25) is 9.69 Å². The fraction of sp³-hybridized carbons (Fsp3) is 0.929. The van der Waals surface area contributed by atoms with Crippen LogP contribution in [0.2, 0.25) is 0 Å². The van der Waals surface area contributed by atoms with Gasteiger partial charge < -0.3 is 10.2 Å². The molecule has 18 heavy (non-hydrogen) atoms. The topological polar surface area (TPSA) is 35.6 Å². The zero-order valence-electron chi connectivity index (χ0n) is 11.8. The number of carbonyl (C=O) groups is 1. The monoisotopic (exact) mass is 253 g/mol. The maximum atomic E-state index is 12.2. The summed E-state index contributed by atoms with van der Waals surface area (Å²) in [5, 5.41) is 3.31. The van der Waals surface area contributed by atoms with Crippen molar-refractivity contribution in [2.24, 2.45) is 0 Å². The summed E-state index contributed by atoms with van der Waals surface area (Å²) in [4.78, 5) is 16.9. The van der Waals surface area contributed by atoms with Crippen molar-refractivity contribution >= 4 is 5.91 Å². The van der Waals surface area contributed by atoms with Gasteiger partial charge in [0, 0.05) is 38.1 Å². The van der Waals surface area contributed by atoms with Crippen LogP contribution < -0.4 is 5.32 Å². The number of nitrogens with one attached hydrogen (secondary N) is 1. The van der Waals surface area contributed by atoms with Gasteiger partial charge in [0.05, 0.1) is 0 Å². The van der Waals surface area contributed by atoms with Crippen LogP contribution >= 0.6 is 0 Å². The number of piperidine rings is 1. The lowest BCUT2D eigenvalue weighted by atomic mass is 9.99. The molecule has 2 rings (SSSR count). The highest BCUT2D eigenvalue weighted by Crippen LogP contribution is 2.21. The lowest BCUT2D eigenvalue weighted by Gasteiger charge is -2.44. The van der Waals surface area contributed by atoms with Gasteiger partial charge in [0.15, 0.2) is 0 Å². The number of nitrogens with zero attached hydrogens (tertiary/aromatic N) is 2. The van der Waals surface area contributed by atoms with E-state index in [-0.39, 0.29) is 0 Å². The third-order valence-electron chi connectivity index (χ3n) is 4.22. The molecule has 0 radical (unpaired) electrons. The van der Waals surface area contributed by atoms with Crippen LogP contribution in [0.5, 0.6) is 0 Å². The molecule has 104 valence electrons. The minimum Gasteiger partial charge on any atom is -0.340 e. The molecule has 0 aromatic heterocycles. The molecule has 2 unspecified atom stereocenters. The highest BCUT2D eigenvalue weighted by molar-refractivity contribution is 5.77. The first-order valence-electron chi connectivity index (χ1n) is 7.46. The van der Waals surface area contributed by atoms with E-state index in [0.29, 0.717) is 24.4 Å². The van der Waals surface area contributed by atoms with Crippen LogP contribution in [-0.2, 0) is 4.79 Å². The highest BCUT2D eigenvalue weighted by Gasteiger charge is 2.31. The minimum absolute atomic E-state index is 0.298. The molecule has 0 aromatic carbocycles. The smallest absolute Gasteiger partial charge is 0.224 e. The Balaban J connectivity index is 1.81. The Hall–Kier alpha value is -0.610. The van der Waals surface area contributed by atoms with Crippen molar-refractivity contribution in [3.8, 4) is 0 Å². The first kappa shape index (κ1) is 13.8. The largest absolute Gasteiger partial charge is 0.340 e. The zero-order chi connectivity index (χ0) is 13.0. The van der Waals surface area contributed by atoms with E-state index in [1.807, 2.05) is 0 Å². The van der Waals surface area contributed by atoms with E-state index in [0.717, 1.165) is 26.2 Å². The van der Waals surface area contributed by atoms with Gasteiger partial charge in [0.25, 0.3) is 0 Å². The van der Waals surface area contributed by atoms with E-state index < -0.39 is 0 Å². The highest BCUT2D eigenvalue weighted by atomic mass is 16.2. The van der Waals surface area contributed by atoms with E-state index in [4.69, 9.17) is 0 Å². The quantitative estimate of drug-likeness (QED) is 0.814. The average Bonchev–Trinajstić information content (AvgIpc) is 2.38. The number of hydrogen-bond donors (Lipinski definition) is 1. The second-order valence-electron chi connectivity index (χ2n) is 5.69. The van der Waals surface area contributed by atoms with E-state index in [9.17, 15) is 4.79 Å². The molecular weight excluding hydrogens is 226 g/mol. The van der Waals surface area contributed by atoms with Crippen LogP contribution in [0.3, 0.4) is 0 Å². The standard InChI is InChI=1S/C14H27N3O/c1-3-15-12(2)10-14(18)17-9-8-16-7-5-4-6-13(16)11-17/h12-13,15H,3-11H2,1-2H3. The Labute approximate surface area is 111 Å². The predicted octanol–water partition coefficient (Wildman–Crippen LogP) is 1.07. The normalized spacial score (nSPS) is 26.8. The number of hydrogen-bond acceptors (Lipinski definition) is 3. The first-order valence-corrected chi connectivity index (χ1v) is 7.46. The average molecular weight is 253 g/mol. The minimum atomic E-state index is 0.298. The summed E-state index contributed by atoms with van der Waals surface area (Å²) in [6.45, 7) is 9.31. The predicted molar refractivity (Wildman–Crippen MR) is 73.5 cm³/mol. The number of carbonyl (C=O) groups excluding carboxylic acids is 1. The van der Waals surface area contributed by atoms with Gasteiger partial charge in [0.1, 0.15) is 0 Å². The molecule has 2 aliphatic rings. The summed E-state index contributed by atoms with van der Waals surface area (Å²) < 4.78 is 0. The molecule has 4 heteroatoms. The van der Waals surface area contributed by atoms with Gasteiger partial charge in [-0.2, -0.15) is 0 Å². The van der Waals surface area contributed by atoms with Crippen LogP contribution in [0.4, 0.5) is 0 Å². The van der Waals surface area contributed by atoms with E-state index in [1.54, 1.807) is 0 Å². The molecular formula is C14H27N3O. The van der Waals surface area contributed by atoms with E-state index in [2.05, 4.69) is 29.0 Å². The molecule has 2 fully saturated rings. The zero-order valence-corrected chi connectivity index (χ0v) is 11.8. The van der Waals surface area contributed by atoms with Gasteiger partial charge in [-0.25, -0.2) is 0 Å². The summed E-state index contributed by atoms with van der Waals surface area (Å²) in [6, 6.07) is 0.928.